The Bertz CT molecular complexity index is 542. The van der Waals surface area contributed by atoms with Crippen LogP contribution in [0.4, 0.5) is 5.69 Å². The van der Waals surface area contributed by atoms with E-state index in [1.54, 1.807) is 4.90 Å². The van der Waals surface area contributed by atoms with Gasteiger partial charge in [-0.25, -0.2) is 0 Å². The Hall–Kier alpha value is -1.92. The Balaban J connectivity index is 1.96. The van der Waals surface area contributed by atoms with E-state index in [2.05, 4.69) is 10.6 Å². The lowest BCUT2D eigenvalue weighted by molar-refractivity contribution is -0.147. The molecular weight excluding hydrogens is 294 g/mol. The first-order chi connectivity index (χ1) is 11.1. The van der Waals surface area contributed by atoms with Crippen molar-refractivity contribution >= 4 is 17.5 Å². The van der Waals surface area contributed by atoms with Crippen LogP contribution in [0.3, 0.4) is 0 Å². The van der Waals surface area contributed by atoms with E-state index in [0.717, 1.165) is 24.2 Å². The lowest BCUT2D eigenvalue weighted by atomic mass is 10.2. The summed E-state index contributed by atoms with van der Waals surface area (Å²) in [7, 11) is 0. The Morgan fingerprint density at radius 1 is 1.39 bits per heavy atom. The number of benzene rings is 1. The number of aryl methyl sites for hydroxylation is 1. The Kier molecular flexibility index (Phi) is 6.55. The van der Waals surface area contributed by atoms with Gasteiger partial charge in [0.2, 0.25) is 5.91 Å². The van der Waals surface area contributed by atoms with Gasteiger partial charge in [-0.1, -0.05) is 25.1 Å². The van der Waals surface area contributed by atoms with Crippen LogP contribution in [0, 0.1) is 6.92 Å². The van der Waals surface area contributed by atoms with Crippen LogP contribution in [0.1, 0.15) is 18.9 Å². The lowest BCUT2D eigenvalue weighted by Crippen LogP contribution is -2.51. The molecule has 0 bridgehead atoms. The van der Waals surface area contributed by atoms with E-state index in [0.29, 0.717) is 19.7 Å². The number of ether oxygens (including phenoxy) is 1. The van der Waals surface area contributed by atoms with Crippen LogP contribution in [-0.4, -0.2) is 55.6 Å². The van der Waals surface area contributed by atoms with Crippen molar-refractivity contribution in [3.8, 4) is 0 Å². The molecule has 0 saturated carbocycles. The normalized spacial score (nSPS) is 17.6. The average molecular weight is 319 g/mol. The van der Waals surface area contributed by atoms with Crippen molar-refractivity contribution in [1.82, 2.24) is 10.2 Å². The first-order valence-corrected chi connectivity index (χ1v) is 8.08. The first kappa shape index (κ1) is 17.4. The number of nitrogens with zero attached hydrogens (tertiary/aromatic N) is 1. The smallest absolute Gasteiger partial charge is 0.253 e. The van der Waals surface area contributed by atoms with Gasteiger partial charge in [-0.3, -0.25) is 9.59 Å². The molecule has 0 aromatic heterocycles. The second kappa shape index (κ2) is 8.64. The van der Waals surface area contributed by atoms with Crippen molar-refractivity contribution in [1.29, 1.82) is 0 Å². The predicted molar refractivity (Wildman–Crippen MR) is 89.3 cm³/mol. The fourth-order valence-electron chi connectivity index (χ4n) is 2.54. The molecule has 1 saturated heterocycles. The van der Waals surface area contributed by atoms with Gasteiger partial charge < -0.3 is 20.3 Å². The second-order valence-corrected chi connectivity index (χ2v) is 5.69. The third kappa shape index (κ3) is 5.04. The number of carbonyl (C=O) groups excluding carboxylic acids is 2. The highest BCUT2D eigenvalue weighted by molar-refractivity contribution is 5.95. The molecule has 2 rings (SSSR count). The molecule has 1 aromatic rings. The number of morpholine rings is 1. The summed E-state index contributed by atoms with van der Waals surface area (Å²) in [5.41, 5.74) is 1.77. The maximum absolute atomic E-state index is 12.5. The molecule has 2 amide bonds. The van der Waals surface area contributed by atoms with Gasteiger partial charge in [-0.05, 0) is 25.0 Å². The molecule has 2 N–H and O–H groups in total. The maximum Gasteiger partial charge on any atom is 0.253 e. The summed E-state index contributed by atoms with van der Waals surface area (Å²) in [6.07, 6.45) is 0.297. The SMILES string of the molecule is CCCN(CC(=O)Nc1ccccc1C)C(=O)C1CNCCO1. The molecule has 0 radical (unpaired) electrons. The fourth-order valence-corrected chi connectivity index (χ4v) is 2.54. The highest BCUT2D eigenvalue weighted by Gasteiger charge is 2.27. The molecule has 1 atom stereocenters. The van der Waals surface area contributed by atoms with Gasteiger partial charge in [0.1, 0.15) is 6.10 Å². The van der Waals surface area contributed by atoms with E-state index in [-0.39, 0.29) is 18.4 Å². The molecule has 1 aliphatic rings. The number of carbonyl (C=O) groups is 2. The summed E-state index contributed by atoms with van der Waals surface area (Å²) in [6, 6.07) is 7.59. The van der Waals surface area contributed by atoms with Crippen LogP contribution in [0.5, 0.6) is 0 Å². The summed E-state index contributed by atoms with van der Waals surface area (Å²) < 4.78 is 5.50. The van der Waals surface area contributed by atoms with Gasteiger partial charge in [0, 0.05) is 25.3 Å². The minimum Gasteiger partial charge on any atom is -0.366 e. The molecule has 0 spiro atoms. The summed E-state index contributed by atoms with van der Waals surface area (Å²) in [5, 5.41) is 6.01. The minimum atomic E-state index is -0.499. The van der Waals surface area contributed by atoms with Crippen molar-refractivity contribution in [2.24, 2.45) is 0 Å². The van der Waals surface area contributed by atoms with E-state index in [1.165, 1.54) is 0 Å². The lowest BCUT2D eigenvalue weighted by Gasteiger charge is -2.29. The number of rotatable bonds is 6. The molecule has 1 aliphatic heterocycles. The topological polar surface area (TPSA) is 70.7 Å². The van der Waals surface area contributed by atoms with Crippen molar-refractivity contribution in [2.75, 3.05) is 38.1 Å². The van der Waals surface area contributed by atoms with Crippen LogP contribution < -0.4 is 10.6 Å². The fraction of sp³-hybridized carbons (Fsp3) is 0.529. The highest BCUT2D eigenvalue weighted by Crippen LogP contribution is 2.13. The Labute approximate surface area is 137 Å². The summed E-state index contributed by atoms with van der Waals surface area (Å²) in [4.78, 5) is 26.4. The van der Waals surface area contributed by atoms with E-state index in [4.69, 9.17) is 4.74 Å². The van der Waals surface area contributed by atoms with Crippen molar-refractivity contribution in [3.05, 3.63) is 29.8 Å². The minimum absolute atomic E-state index is 0.0425. The highest BCUT2D eigenvalue weighted by atomic mass is 16.5. The zero-order chi connectivity index (χ0) is 16.7. The number of hydrogen-bond donors (Lipinski definition) is 2. The largest absolute Gasteiger partial charge is 0.366 e. The monoisotopic (exact) mass is 319 g/mol. The summed E-state index contributed by atoms with van der Waals surface area (Å²) in [6.45, 7) is 6.28. The molecule has 126 valence electrons. The molecular formula is C17H25N3O3. The number of nitrogens with one attached hydrogen (secondary N) is 2. The quantitative estimate of drug-likeness (QED) is 0.825. The molecule has 1 unspecified atom stereocenters. The predicted octanol–water partition coefficient (Wildman–Crippen LogP) is 1.16. The zero-order valence-corrected chi connectivity index (χ0v) is 13.8. The molecule has 0 aliphatic carbocycles. The third-order valence-electron chi connectivity index (χ3n) is 3.76. The van der Waals surface area contributed by atoms with E-state index >= 15 is 0 Å². The van der Waals surface area contributed by atoms with Crippen LogP contribution in [0.15, 0.2) is 24.3 Å². The standard InChI is InChI=1S/C17H25N3O3/c1-3-9-20(17(22)15-11-18-8-10-23-15)12-16(21)19-14-7-5-4-6-13(14)2/h4-7,15,18H,3,8-12H2,1-2H3,(H,19,21). The van der Waals surface area contributed by atoms with Crippen LogP contribution in [0.25, 0.3) is 0 Å². The van der Waals surface area contributed by atoms with E-state index in [1.807, 2.05) is 38.1 Å². The average Bonchev–Trinajstić information content (AvgIpc) is 2.57. The molecule has 1 fully saturated rings. The molecule has 6 nitrogen and oxygen atoms in total. The molecule has 1 aromatic carbocycles. The van der Waals surface area contributed by atoms with Crippen LogP contribution in [0.2, 0.25) is 0 Å². The third-order valence-corrected chi connectivity index (χ3v) is 3.76. The Morgan fingerprint density at radius 2 is 2.17 bits per heavy atom. The zero-order valence-electron chi connectivity index (χ0n) is 13.8. The number of amides is 2. The van der Waals surface area contributed by atoms with Crippen molar-refractivity contribution < 1.29 is 14.3 Å². The number of hydrogen-bond acceptors (Lipinski definition) is 4. The summed E-state index contributed by atoms with van der Waals surface area (Å²) in [5.74, 6) is -0.316. The maximum atomic E-state index is 12.5. The van der Waals surface area contributed by atoms with Gasteiger partial charge in [0.25, 0.3) is 5.91 Å². The van der Waals surface area contributed by atoms with Crippen LogP contribution in [-0.2, 0) is 14.3 Å². The van der Waals surface area contributed by atoms with Crippen LogP contribution >= 0.6 is 0 Å². The molecule has 1 heterocycles. The van der Waals surface area contributed by atoms with E-state index in [9.17, 15) is 9.59 Å². The van der Waals surface area contributed by atoms with Gasteiger partial charge >= 0.3 is 0 Å². The second-order valence-electron chi connectivity index (χ2n) is 5.69. The number of anilines is 1. The van der Waals surface area contributed by atoms with Crippen molar-refractivity contribution in [2.45, 2.75) is 26.4 Å². The van der Waals surface area contributed by atoms with Crippen molar-refractivity contribution in [3.63, 3.8) is 0 Å². The summed E-state index contributed by atoms with van der Waals surface area (Å²) >= 11 is 0. The Morgan fingerprint density at radius 3 is 2.83 bits per heavy atom. The van der Waals surface area contributed by atoms with Gasteiger partial charge in [0.05, 0.1) is 13.2 Å². The number of para-hydroxylation sites is 1. The molecule has 6 heteroatoms. The van der Waals surface area contributed by atoms with E-state index < -0.39 is 6.10 Å². The first-order valence-electron chi connectivity index (χ1n) is 8.08. The van der Waals surface area contributed by atoms with Gasteiger partial charge in [0.15, 0.2) is 0 Å². The van der Waals surface area contributed by atoms with Gasteiger partial charge in [-0.15, -0.1) is 0 Å². The van der Waals surface area contributed by atoms with Gasteiger partial charge in [-0.2, -0.15) is 0 Å². The molecule has 23 heavy (non-hydrogen) atoms.